The topological polar surface area (TPSA) is 61.8 Å². The maximum absolute atomic E-state index is 11.5. The Balaban J connectivity index is 1.89. The monoisotopic (exact) mass is 352 g/mol. The molecule has 2 aromatic rings. The number of nitrogens with one attached hydrogen (secondary N) is 1. The minimum Gasteiger partial charge on any atom is -0.491 e. The maximum Gasteiger partial charge on any atom is 0.274 e. The second-order valence-corrected chi connectivity index (χ2v) is 5.95. The summed E-state index contributed by atoms with van der Waals surface area (Å²) in [5.74, 6) is 0.0654. The van der Waals surface area contributed by atoms with Gasteiger partial charge in [0.2, 0.25) is 0 Å². The lowest BCUT2D eigenvalue weighted by Crippen LogP contribution is -2.25. The summed E-state index contributed by atoms with van der Waals surface area (Å²) in [5.41, 5.74) is 3.86. The maximum atomic E-state index is 11.5. The highest BCUT2D eigenvalue weighted by Crippen LogP contribution is 2.31. The fourth-order valence-electron chi connectivity index (χ4n) is 2.48. The summed E-state index contributed by atoms with van der Waals surface area (Å²) in [6, 6.07) is 10.6. The van der Waals surface area contributed by atoms with Gasteiger partial charge in [-0.1, -0.05) is 29.3 Å². The molecule has 0 aliphatic carbocycles. The van der Waals surface area contributed by atoms with Gasteiger partial charge >= 0.3 is 0 Å². The molecule has 0 fully saturated rings. The molecule has 3 rings (SSSR count). The van der Waals surface area contributed by atoms with Crippen LogP contribution in [0.3, 0.4) is 0 Å². The quantitative estimate of drug-likeness (QED) is 0.641. The minimum atomic E-state index is -0.568. The van der Waals surface area contributed by atoms with Gasteiger partial charge in [-0.15, -0.1) is 0 Å². The summed E-state index contributed by atoms with van der Waals surface area (Å²) in [6.07, 6.45) is 0. The van der Waals surface area contributed by atoms with Crippen LogP contribution in [0.5, 0.6) is 5.75 Å². The van der Waals surface area contributed by atoms with E-state index in [2.05, 4.69) is 4.90 Å². The first-order chi connectivity index (χ1) is 11.1. The zero-order chi connectivity index (χ0) is 16.4. The van der Waals surface area contributed by atoms with Crippen molar-refractivity contribution < 1.29 is 14.7 Å². The van der Waals surface area contributed by atoms with Gasteiger partial charge in [0.15, 0.2) is 0 Å². The van der Waals surface area contributed by atoms with Crippen molar-refractivity contribution in [2.45, 2.75) is 6.54 Å². The molecule has 0 spiro atoms. The minimum absolute atomic E-state index is 0.342. The molecule has 7 heteroatoms. The highest BCUT2D eigenvalue weighted by Gasteiger charge is 2.18. The zero-order valence-electron chi connectivity index (χ0n) is 12.1. The number of halogens is 2. The summed E-state index contributed by atoms with van der Waals surface area (Å²) >= 11 is 12.0. The number of fused-ring (bicyclic) bond motifs is 1. The number of carbonyl (C=O) groups is 1. The first kappa shape index (κ1) is 15.9. The van der Waals surface area contributed by atoms with E-state index in [4.69, 9.17) is 33.1 Å². The van der Waals surface area contributed by atoms with Crippen LogP contribution in [0.25, 0.3) is 0 Å². The molecule has 2 N–H and O–H groups in total. The molecule has 0 aromatic heterocycles. The van der Waals surface area contributed by atoms with E-state index in [0.29, 0.717) is 41.1 Å². The average Bonchev–Trinajstić information content (AvgIpc) is 2.78. The molecule has 0 bridgehead atoms. The van der Waals surface area contributed by atoms with Crippen molar-refractivity contribution in [1.82, 2.24) is 5.48 Å². The summed E-state index contributed by atoms with van der Waals surface area (Å²) in [7, 11) is 0. The van der Waals surface area contributed by atoms with E-state index in [9.17, 15) is 4.79 Å². The first-order valence-corrected chi connectivity index (χ1v) is 7.74. The average molecular weight is 353 g/mol. The fraction of sp³-hybridized carbons (Fsp3) is 0.188. The molecule has 1 aliphatic rings. The lowest BCUT2D eigenvalue weighted by molar-refractivity contribution is 0.0706. The van der Waals surface area contributed by atoms with E-state index in [1.807, 2.05) is 18.2 Å². The number of hydrogen-bond donors (Lipinski definition) is 2. The number of nitrogens with zero attached hydrogens (tertiary/aromatic N) is 1. The van der Waals surface area contributed by atoms with Crippen LogP contribution in [0.1, 0.15) is 15.9 Å². The van der Waals surface area contributed by atoms with Crippen molar-refractivity contribution >= 4 is 34.8 Å². The molecular weight excluding hydrogens is 339 g/mol. The number of benzene rings is 2. The summed E-state index contributed by atoms with van der Waals surface area (Å²) in [4.78, 5) is 13.6. The molecule has 23 heavy (non-hydrogen) atoms. The van der Waals surface area contributed by atoms with Gasteiger partial charge in [0.05, 0.1) is 16.6 Å². The van der Waals surface area contributed by atoms with Gasteiger partial charge in [0.1, 0.15) is 12.4 Å². The van der Waals surface area contributed by atoms with Crippen LogP contribution in [-0.4, -0.2) is 24.3 Å². The van der Waals surface area contributed by atoms with Gasteiger partial charge in [-0.05, 0) is 30.3 Å². The predicted molar refractivity (Wildman–Crippen MR) is 88.7 cm³/mol. The Kier molecular flexibility index (Phi) is 4.61. The normalized spacial score (nSPS) is 13.8. The summed E-state index contributed by atoms with van der Waals surface area (Å²) in [6.45, 7) is 1.76. The second-order valence-electron chi connectivity index (χ2n) is 5.13. The number of carbonyl (C=O) groups excluding carboxylic acids is 1. The van der Waals surface area contributed by atoms with Crippen molar-refractivity contribution in [3.05, 3.63) is 57.6 Å². The van der Waals surface area contributed by atoms with Crippen molar-refractivity contribution in [2.75, 3.05) is 18.1 Å². The van der Waals surface area contributed by atoms with Gasteiger partial charge in [-0.25, -0.2) is 5.48 Å². The third-order valence-corrected chi connectivity index (χ3v) is 4.42. The molecule has 0 radical (unpaired) electrons. The highest BCUT2D eigenvalue weighted by molar-refractivity contribution is 6.42. The molecule has 0 saturated heterocycles. The SMILES string of the molecule is O=C(NO)c1ccc2c(c1)OCCN(c1ccc(Cl)c(Cl)c1)C2. The van der Waals surface area contributed by atoms with Crippen molar-refractivity contribution in [2.24, 2.45) is 0 Å². The molecule has 120 valence electrons. The van der Waals surface area contributed by atoms with Crippen LogP contribution in [-0.2, 0) is 6.54 Å². The Morgan fingerprint density at radius 1 is 1.17 bits per heavy atom. The van der Waals surface area contributed by atoms with E-state index >= 15 is 0 Å². The Morgan fingerprint density at radius 2 is 2.00 bits per heavy atom. The third kappa shape index (κ3) is 3.37. The van der Waals surface area contributed by atoms with Crippen LogP contribution < -0.4 is 15.1 Å². The Labute approximate surface area is 143 Å². The predicted octanol–water partition coefficient (Wildman–Crippen LogP) is 3.51. The number of ether oxygens (including phenoxy) is 1. The van der Waals surface area contributed by atoms with Gasteiger partial charge in [0.25, 0.3) is 5.91 Å². The largest absolute Gasteiger partial charge is 0.491 e. The smallest absolute Gasteiger partial charge is 0.274 e. The molecule has 0 unspecified atom stereocenters. The molecule has 0 saturated carbocycles. The van der Waals surface area contributed by atoms with Gasteiger partial charge in [-0.2, -0.15) is 0 Å². The van der Waals surface area contributed by atoms with E-state index in [1.165, 1.54) is 0 Å². The first-order valence-electron chi connectivity index (χ1n) is 6.98. The van der Waals surface area contributed by atoms with E-state index in [0.717, 1.165) is 11.3 Å². The lowest BCUT2D eigenvalue weighted by atomic mass is 10.1. The van der Waals surface area contributed by atoms with Crippen LogP contribution in [0, 0.1) is 0 Å². The number of amides is 1. The number of rotatable bonds is 2. The van der Waals surface area contributed by atoms with E-state index in [1.54, 1.807) is 23.7 Å². The second kappa shape index (κ2) is 6.66. The van der Waals surface area contributed by atoms with Crippen LogP contribution >= 0.6 is 23.2 Å². The van der Waals surface area contributed by atoms with Gasteiger partial charge < -0.3 is 9.64 Å². The van der Waals surface area contributed by atoms with Crippen LogP contribution in [0.15, 0.2) is 36.4 Å². The number of hydrogen-bond acceptors (Lipinski definition) is 4. The number of hydroxylamine groups is 1. The Hall–Kier alpha value is -1.95. The molecule has 1 amide bonds. The van der Waals surface area contributed by atoms with E-state index < -0.39 is 5.91 Å². The molecular formula is C16H14Cl2N2O3. The van der Waals surface area contributed by atoms with Crippen molar-refractivity contribution in [3.8, 4) is 5.75 Å². The van der Waals surface area contributed by atoms with Gasteiger partial charge in [-0.3, -0.25) is 10.0 Å². The van der Waals surface area contributed by atoms with Crippen molar-refractivity contribution in [3.63, 3.8) is 0 Å². The van der Waals surface area contributed by atoms with Crippen LogP contribution in [0.4, 0.5) is 5.69 Å². The Morgan fingerprint density at radius 3 is 2.74 bits per heavy atom. The zero-order valence-corrected chi connectivity index (χ0v) is 13.6. The third-order valence-electron chi connectivity index (χ3n) is 3.68. The van der Waals surface area contributed by atoms with Gasteiger partial charge in [0, 0.05) is 23.4 Å². The lowest BCUT2D eigenvalue weighted by Gasteiger charge is -2.22. The van der Waals surface area contributed by atoms with Crippen molar-refractivity contribution in [1.29, 1.82) is 0 Å². The molecule has 1 aliphatic heterocycles. The molecule has 1 heterocycles. The molecule has 5 nitrogen and oxygen atoms in total. The summed E-state index contributed by atoms with van der Waals surface area (Å²) < 4.78 is 5.73. The summed E-state index contributed by atoms with van der Waals surface area (Å²) in [5, 5.41) is 9.73. The standard InChI is InChI=1S/C16H14Cl2N2O3/c17-13-4-3-12(8-14(13)18)20-5-6-23-15-7-10(16(21)19-22)1-2-11(15)9-20/h1-4,7-8,22H,5-6,9H2,(H,19,21). The molecule has 2 aromatic carbocycles. The van der Waals surface area contributed by atoms with Crippen LogP contribution in [0.2, 0.25) is 10.0 Å². The Bertz CT molecular complexity index is 752. The highest BCUT2D eigenvalue weighted by atomic mass is 35.5. The fourth-order valence-corrected chi connectivity index (χ4v) is 2.77. The van der Waals surface area contributed by atoms with E-state index in [-0.39, 0.29) is 0 Å². The number of anilines is 1. The molecule has 0 atom stereocenters.